The van der Waals surface area contributed by atoms with E-state index in [4.69, 9.17) is 0 Å². The molecule has 0 saturated carbocycles. The lowest BCUT2D eigenvalue weighted by molar-refractivity contribution is 0.424. The summed E-state index contributed by atoms with van der Waals surface area (Å²) in [4.78, 5) is 12.1. The lowest BCUT2D eigenvalue weighted by atomic mass is 10.1. The number of nitrogens with zero attached hydrogens (tertiary/aromatic N) is 3. The van der Waals surface area contributed by atoms with E-state index in [9.17, 15) is 0 Å². The SMILES string of the molecule is Cc1ncsc1CN(C)c1cnccc1CNC(C)(C)C. The molecule has 2 aromatic rings. The highest BCUT2D eigenvalue weighted by molar-refractivity contribution is 7.09. The standard InChI is InChI=1S/C16H24N4S/c1-12-15(21-11-18-12)10-20(5)14-9-17-7-6-13(14)8-19-16(2,3)4/h6-7,9,11,19H,8,10H2,1-5H3. The van der Waals surface area contributed by atoms with Crippen molar-refractivity contribution in [2.75, 3.05) is 11.9 Å². The number of anilines is 1. The van der Waals surface area contributed by atoms with Gasteiger partial charge in [0.25, 0.3) is 0 Å². The second-order valence-corrected chi connectivity index (χ2v) is 7.26. The van der Waals surface area contributed by atoms with Crippen molar-refractivity contribution >= 4 is 17.0 Å². The molecule has 2 rings (SSSR count). The van der Waals surface area contributed by atoms with Gasteiger partial charge in [0.2, 0.25) is 0 Å². The molecule has 0 atom stereocenters. The first kappa shape index (κ1) is 15.9. The summed E-state index contributed by atoms with van der Waals surface area (Å²) in [5.74, 6) is 0. The predicted molar refractivity (Wildman–Crippen MR) is 89.8 cm³/mol. The number of thiazole rings is 1. The maximum Gasteiger partial charge on any atom is 0.0798 e. The molecule has 0 amide bonds. The minimum Gasteiger partial charge on any atom is -0.368 e. The van der Waals surface area contributed by atoms with Crippen molar-refractivity contribution in [3.05, 3.63) is 40.1 Å². The third kappa shape index (κ3) is 4.51. The highest BCUT2D eigenvalue weighted by Crippen LogP contribution is 2.23. The molecule has 0 fully saturated rings. The van der Waals surface area contributed by atoms with Gasteiger partial charge in [0.15, 0.2) is 0 Å². The van der Waals surface area contributed by atoms with Crippen molar-refractivity contribution in [3.63, 3.8) is 0 Å². The Balaban J connectivity index is 2.13. The molecule has 0 bridgehead atoms. The average Bonchev–Trinajstić information content (AvgIpc) is 2.81. The van der Waals surface area contributed by atoms with Crippen LogP contribution < -0.4 is 10.2 Å². The molecule has 0 aliphatic rings. The summed E-state index contributed by atoms with van der Waals surface area (Å²) >= 11 is 1.71. The van der Waals surface area contributed by atoms with Gasteiger partial charge in [0.1, 0.15) is 0 Å². The van der Waals surface area contributed by atoms with Crippen LogP contribution in [0, 0.1) is 6.92 Å². The molecule has 0 radical (unpaired) electrons. The lowest BCUT2D eigenvalue weighted by Crippen LogP contribution is -2.35. The molecule has 0 aliphatic carbocycles. The van der Waals surface area contributed by atoms with Crippen molar-refractivity contribution in [2.24, 2.45) is 0 Å². The van der Waals surface area contributed by atoms with Crippen molar-refractivity contribution in [2.45, 2.75) is 46.3 Å². The Morgan fingerprint density at radius 3 is 2.71 bits per heavy atom. The first-order chi connectivity index (χ1) is 9.87. The van der Waals surface area contributed by atoms with Gasteiger partial charge >= 0.3 is 0 Å². The third-order valence-corrected chi connectivity index (χ3v) is 4.25. The van der Waals surface area contributed by atoms with Crippen LogP contribution in [0.2, 0.25) is 0 Å². The molecule has 0 saturated heterocycles. The van der Waals surface area contributed by atoms with Crippen molar-refractivity contribution in [1.82, 2.24) is 15.3 Å². The monoisotopic (exact) mass is 304 g/mol. The van der Waals surface area contributed by atoms with E-state index >= 15 is 0 Å². The van der Waals surface area contributed by atoms with Crippen LogP contribution in [0.15, 0.2) is 24.0 Å². The molecule has 0 unspecified atom stereocenters. The lowest BCUT2D eigenvalue weighted by Gasteiger charge is -2.25. The van der Waals surface area contributed by atoms with Crippen molar-refractivity contribution in [3.8, 4) is 0 Å². The zero-order chi connectivity index (χ0) is 15.5. The molecular weight excluding hydrogens is 280 g/mol. The van der Waals surface area contributed by atoms with Crippen molar-refractivity contribution in [1.29, 1.82) is 0 Å². The number of hydrogen-bond donors (Lipinski definition) is 1. The number of aromatic nitrogens is 2. The fraction of sp³-hybridized carbons (Fsp3) is 0.500. The first-order valence-electron chi connectivity index (χ1n) is 7.15. The topological polar surface area (TPSA) is 41.1 Å². The molecule has 0 aromatic carbocycles. The summed E-state index contributed by atoms with van der Waals surface area (Å²) in [5, 5.41) is 3.54. The molecule has 5 heteroatoms. The van der Waals surface area contributed by atoms with Gasteiger partial charge in [-0.25, -0.2) is 4.98 Å². The van der Waals surface area contributed by atoms with E-state index in [1.54, 1.807) is 11.3 Å². The third-order valence-electron chi connectivity index (χ3n) is 3.33. The molecule has 2 aromatic heterocycles. The van der Waals surface area contributed by atoms with Gasteiger partial charge in [-0.05, 0) is 39.3 Å². The number of nitrogens with one attached hydrogen (secondary N) is 1. The molecule has 4 nitrogen and oxygen atoms in total. The van der Waals surface area contributed by atoms with Gasteiger partial charge in [-0.15, -0.1) is 11.3 Å². The Labute approximate surface area is 131 Å². The second kappa shape index (κ2) is 6.54. The normalized spacial score (nSPS) is 11.7. The summed E-state index contributed by atoms with van der Waals surface area (Å²) in [6.45, 7) is 10.3. The van der Waals surface area contributed by atoms with Crippen LogP contribution in [0.1, 0.15) is 36.9 Å². The minimum atomic E-state index is 0.105. The first-order valence-corrected chi connectivity index (χ1v) is 8.03. The van der Waals surface area contributed by atoms with E-state index in [1.807, 2.05) is 17.9 Å². The quantitative estimate of drug-likeness (QED) is 0.919. The van der Waals surface area contributed by atoms with Gasteiger partial charge in [0, 0.05) is 30.2 Å². The van der Waals surface area contributed by atoms with Gasteiger partial charge < -0.3 is 10.2 Å². The van der Waals surface area contributed by atoms with Crippen LogP contribution >= 0.6 is 11.3 Å². The molecule has 114 valence electrons. The predicted octanol–water partition coefficient (Wildman–Crippen LogP) is 3.37. The van der Waals surface area contributed by atoms with E-state index in [0.29, 0.717) is 0 Å². The van der Waals surface area contributed by atoms with Crippen LogP contribution in [0.25, 0.3) is 0 Å². The Bertz CT molecular complexity index is 586. The largest absolute Gasteiger partial charge is 0.368 e. The van der Waals surface area contributed by atoms with Gasteiger partial charge in [-0.3, -0.25) is 4.98 Å². The van der Waals surface area contributed by atoms with Crippen LogP contribution in [-0.2, 0) is 13.1 Å². The number of rotatable bonds is 5. The van der Waals surface area contributed by atoms with Gasteiger partial charge in [-0.2, -0.15) is 0 Å². The van der Waals surface area contributed by atoms with Crippen LogP contribution in [0.5, 0.6) is 0 Å². The molecule has 1 N–H and O–H groups in total. The highest BCUT2D eigenvalue weighted by Gasteiger charge is 2.13. The fourth-order valence-corrected chi connectivity index (χ4v) is 2.88. The van der Waals surface area contributed by atoms with Crippen LogP contribution in [-0.4, -0.2) is 22.6 Å². The van der Waals surface area contributed by atoms with E-state index in [2.05, 4.69) is 61.0 Å². The number of pyridine rings is 1. The van der Waals surface area contributed by atoms with E-state index in [1.165, 1.54) is 16.1 Å². The van der Waals surface area contributed by atoms with E-state index in [0.717, 1.165) is 18.8 Å². The average molecular weight is 304 g/mol. The Morgan fingerprint density at radius 2 is 2.10 bits per heavy atom. The Morgan fingerprint density at radius 1 is 1.33 bits per heavy atom. The van der Waals surface area contributed by atoms with Crippen LogP contribution in [0.3, 0.4) is 0 Å². The minimum absolute atomic E-state index is 0.105. The molecule has 21 heavy (non-hydrogen) atoms. The molecule has 0 spiro atoms. The zero-order valence-corrected chi connectivity index (χ0v) is 14.3. The van der Waals surface area contributed by atoms with E-state index in [-0.39, 0.29) is 5.54 Å². The summed E-state index contributed by atoms with van der Waals surface area (Å²) < 4.78 is 0. The number of aryl methyl sites for hydroxylation is 1. The maximum absolute atomic E-state index is 4.32. The smallest absolute Gasteiger partial charge is 0.0798 e. The number of hydrogen-bond acceptors (Lipinski definition) is 5. The summed E-state index contributed by atoms with van der Waals surface area (Å²) in [6.07, 6.45) is 3.80. The Hall–Kier alpha value is -1.46. The Kier molecular flexibility index (Phi) is 4.96. The van der Waals surface area contributed by atoms with Crippen LogP contribution in [0.4, 0.5) is 5.69 Å². The van der Waals surface area contributed by atoms with Gasteiger partial charge in [-0.1, -0.05) is 0 Å². The summed E-state index contributed by atoms with van der Waals surface area (Å²) in [5.41, 5.74) is 5.56. The molecule has 0 aliphatic heterocycles. The fourth-order valence-electron chi connectivity index (χ4n) is 2.05. The maximum atomic E-state index is 4.32. The second-order valence-electron chi connectivity index (χ2n) is 6.32. The van der Waals surface area contributed by atoms with Gasteiger partial charge in [0.05, 0.1) is 29.6 Å². The van der Waals surface area contributed by atoms with Crippen molar-refractivity contribution < 1.29 is 0 Å². The highest BCUT2D eigenvalue weighted by atomic mass is 32.1. The summed E-state index contributed by atoms with van der Waals surface area (Å²) in [6, 6.07) is 2.09. The van der Waals surface area contributed by atoms with E-state index < -0.39 is 0 Å². The molecule has 2 heterocycles. The summed E-state index contributed by atoms with van der Waals surface area (Å²) in [7, 11) is 2.11. The zero-order valence-electron chi connectivity index (χ0n) is 13.5. The molecular formula is C16H24N4S.